The summed E-state index contributed by atoms with van der Waals surface area (Å²) in [4.78, 5) is 30.5. The smallest absolute Gasteiger partial charge is 0.273 e. The van der Waals surface area contributed by atoms with Crippen LogP contribution in [0.3, 0.4) is 0 Å². The van der Waals surface area contributed by atoms with Crippen molar-refractivity contribution in [2.75, 3.05) is 14.2 Å². The first-order valence-electron chi connectivity index (χ1n) is 7.49. The van der Waals surface area contributed by atoms with E-state index in [-0.39, 0.29) is 4.32 Å². The quantitative estimate of drug-likeness (QED) is 0.454. The topological polar surface area (TPSA) is 68.7 Å². The van der Waals surface area contributed by atoms with Crippen LogP contribution in [0.1, 0.15) is 15.9 Å². The standard InChI is InChI=1S/C18H14N2O4S2/c1-23-13-6-5-11(14(9-13)24-2)8-15-17(22)20(18(25)26-15)16(21)12-4-3-7-19-10-12/h3-10H,1-2H3. The van der Waals surface area contributed by atoms with Crippen molar-refractivity contribution in [2.24, 2.45) is 0 Å². The zero-order valence-corrected chi connectivity index (χ0v) is 15.6. The third-order valence-corrected chi connectivity index (χ3v) is 4.93. The summed E-state index contributed by atoms with van der Waals surface area (Å²) in [5.74, 6) is 0.226. The summed E-state index contributed by atoms with van der Waals surface area (Å²) < 4.78 is 10.7. The third-order valence-electron chi connectivity index (χ3n) is 3.63. The van der Waals surface area contributed by atoms with E-state index in [2.05, 4.69) is 4.98 Å². The fourth-order valence-electron chi connectivity index (χ4n) is 2.34. The Morgan fingerprint density at radius 2 is 2.08 bits per heavy atom. The highest BCUT2D eigenvalue weighted by Gasteiger charge is 2.37. The van der Waals surface area contributed by atoms with Gasteiger partial charge in [-0.2, -0.15) is 0 Å². The zero-order valence-electron chi connectivity index (χ0n) is 14.0. The van der Waals surface area contributed by atoms with Crippen LogP contribution < -0.4 is 9.47 Å². The van der Waals surface area contributed by atoms with Crippen LogP contribution in [-0.4, -0.2) is 40.2 Å². The molecule has 0 saturated carbocycles. The average molecular weight is 386 g/mol. The number of imide groups is 1. The number of thiocarbonyl (C=S) groups is 1. The van der Waals surface area contributed by atoms with Crippen LogP contribution in [0.4, 0.5) is 0 Å². The highest BCUT2D eigenvalue weighted by Crippen LogP contribution is 2.35. The molecular formula is C18H14N2O4S2. The number of hydrogen-bond acceptors (Lipinski definition) is 7. The second kappa shape index (κ2) is 7.67. The molecule has 1 aliphatic heterocycles. The maximum Gasteiger partial charge on any atom is 0.273 e. The Balaban J connectivity index is 1.92. The van der Waals surface area contributed by atoms with Crippen molar-refractivity contribution in [2.45, 2.75) is 0 Å². The van der Waals surface area contributed by atoms with E-state index in [9.17, 15) is 9.59 Å². The lowest BCUT2D eigenvalue weighted by atomic mass is 10.1. The molecule has 2 heterocycles. The predicted molar refractivity (Wildman–Crippen MR) is 103 cm³/mol. The van der Waals surface area contributed by atoms with Gasteiger partial charge in [0.05, 0.1) is 24.7 Å². The summed E-state index contributed by atoms with van der Waals surface area (Å²) in [6, 6.07) is 8.46. The monoisotopic (exact) mass is 386 g/mol. The summed E-state index contributed by atoms with van der Waals surface area (Å²) in [6.45, 7) is 0. The van der Waals surface area contributed by atoms with E-state index in [4.69, 9.17) is 21.7 Å². The zero-order chi connectivity index (χ0) is 18.7. The van der Waals surface area contributed by atoms with Gasteiger partial charge < -0.3 is 9.47 Å². The Hall–Kier alpha value is -2.71. The van der Waals surface area contributed by atoms with Crippen LogP contribution in [0.2, 0.25) is 0 Å². The van der Waals surface area contributed by atoms with Crippen molar-refractivity contribution < 1.29 is 19.1 Å². The number of nitrogens with zero attached hydrogens (tertiary/aromatic N) is 2. The van der Waals surface area contributed by atoms with Crippen molar-refractivity contribution in [3.63, 3.8) is 0 Å². The molecule has 0 unspecified atom stereocenters. The molecule has 6 nitrogen and oxygen atoms in total. The molecule has 3 rings (SSSR count). The number of hydrogen-bond donors (Lipinski definition) is 0. The van der Waals surface area contributed by atoms with Gasteiger partial charge in [0.25, 0.3) is 11.8 Å². The fraction of sp³-hybridized carbons (Fsp3) is 0.111. The Kier molecular flexibility index (Phi) is 5.34. The van der Waals surface area contributed by atoms with Gasteiger partial charge in [-0.15, -0.1) is 0 Å². The van der Waals surface area contributed by atoms with E-state index in [0.29, 0.717) is 27.5 Å². The molecule has 0 aliphatic carbocycles. The molecule has 132 valence electrons. The Bertz CT molecular complexity index is 913. The maximum absolute atomic E-state index is 12.7. The Morgan fingerprint density at radius 3 is 2.73 bits per heavy atom. The molecule has 8 heteroatoms. The number of ether oxygens (including phenoxy) is 2. The number of amides is 2. The molecule has 1 aromatic carbocycles. The van der Waals surface area contributed by atoms with Crippen LogP contribution in [0.25, 0.3) is 6.08 Å². The van der Waals surface area contributed by atoms with Gasteiger partial charge in [-0.25, -0.2) is 4.90 Å². The predicted octanol–water partition coefficient (Wildman–Crippen LogP) is 3.14. The van der Waals surface area contributed by atoms with E-state index >= 15 is 0 Å². The van der Waals surface area contributed by atoms with E-state index in [0.717, 1.165) is 16.7 Å². The minimum absolute atomic E-state index is 0.183. The minimum atomic E-state index is -0.495. The third kappa shape index (κ3) is 3.47. The molecule has 0 radical (unpaired) electrons. The van der Waals surface area contributed by atoms with Crippen LogP contribution >= 0.6 is 24.0 Å². The van der Waals surface area contributed by atoms with Crippen molar-refractivity contribution >= 4 is 46.2 Å². The van der Waals surface area contributed by atoms with E-state index in [1.165, 1.54) is 13.3 Å². The van der Waals surface area contributed by atoms with Gasteiger partial charge in [-0.05, 0) is 30.3 Å². The molecule has 1 fully saturated rings. The molecule has 1 aliphatic rings. The van der Waals surface area contributed by atoms with Crippen LogP contribution in [0.15, 0.2) is 47.6 Å². The van der Waals surface area contributed by atoms with Crippen LogP contribution in [0.5, 0.6) is 11.5 Å². The fourth-order valence-corrected chi connectivity index (χ4v) is 3.58. The van der Waals surface area contributed by atoms with E-state index in [1.807, 2.05) is 0 Å². The van der Waals surface area contributed by atoms with Gasteiger partial charge in [0.1, 0.15) is 11.5 Å². The number of carbonyl (C=O) groups is 2. The molecule has 2 amide bonds. The van der Waals surface area contributed by atoms with Gasteiger partial charge >= 0.3 is 0 Å². The lowest BCUT2D eigenvalue weighted by Gasteiger charge is -2.12. The van der Waals surface area contributed by atoms with Crippen molar-refractivity contribution in [3.8, 4) is 11.5 Å². The lowest BCUT2D eigenvalue weighted by Crippen LogP contribution is -2.34. The van der Waals surface area contributed by atoms with Gasteiger partial charge in [0.2, 0.25) is 0 Å². The second-order valence-electron chi connectivity index (χ2n) is 5.17. The summed E-state index contributed by atoms with van der Waals surface area (Å²) >= 11 is 6.29. The van der Waals surface area contributed by atoms with E-state index in [1.54, 1.807) is 49.7 Å². The lowest BCUT2D eigenvalue weighted by molar-refractivity contribution is -0.120. The minimum Gasteiger partial charge on any atom is -0.497 e. The molecule has 2 aromatic rings. The molecule has 26 heavy (non-hydrogen) atoms. The number of benzene rings is 1. The van der Waals surface area contributed by atoms with Gasteiger partial charge in [-0.1, -0.05) is 24.0 Å². The summed E-state index contributed by atoms with van der Waals surface area (Å²) in [5, 5.41) is 0. The first kappa shape index (κ1) is 18.1. The molecule has 0 N–H and O–H groups in total. The number of carbonyl (C=O) groups excluding carboxylic acids is 2. The molecule has 0 atom stereocenters. The van der Waals surface area contributed by atoms with Crippen molar-refractivity contribution in [1.29, 1.82) is 0 Å². The molecule has 0 spiro atoms. The number of aromatic nitrogens is 1. The number of thioether (sulfide) groups is 1. The molecule has 1 saturated heterocycles. The summed E-state index contributed by atoms with van der Waals surface area (Å²) in [5.41, 5.74) is 0.981. The average Bonchev–Trinajstić information content (AvgIpc) is 2.95. The number of rotatable bonds is 4. The van der Waals surface area contributed by atoms with E-state index < -0.39 is 11.8 Å². The molecule has 1 aromatic heterocycles. The first-order valence-corrected chi connectivity index (χ1v) is 8.72. The van der Waals surface area contributed by atoms with Crippen molar-refractivity contribution in [1.82, 2.24) is 9.88 Å². The van der Waals surface area contributed by atoms with Gasteiger partial charge in [0.15, 0.2) is 4.32 Å². The normalized spacial score (nSPS) is 15.5. The molecule has 0 bridgehead atoms. The SMILES string of the molecule is COc1ccc(C=C2SC(=S)N(C(=O)c3cccnc3)C2=O)c(OC)c1. The summed E-state index contributed by atoms with van der Waals surface area (Å²) in [6.07, 6.45) is 4.60. The van der Waals surface area contributed by atoms with Gasteiger partial charge in [-0.3, -0.25) is 14.6 Å². The van der Waals surface area contributed by atoms with Crippen molar-refractivity contribution in [3.05, 3.63) is 58.8 Å². The Morgan fingerprint density at radius 1 is 1.27 bits per heavy atom. The second-order valence-corrected chi connectivity index (χ2v) is 6.85. The molecular weight excluding hydrogens is 372 g/mol. The number of pyridine rings is 1. The highest BCUT2D eigenvalue weighted by molar-refractivity contribution is 8.26. The largest absolute Gasteiger partial charge is 0.497 e. The van der Waals surface area contributed by atoms with Crippen LogP contribution in [-0.2, 0) is 4.79 Å². The summed E-state index contributed by atoms with van der Waals surface area (Å²) in [7, 11) is 3.09. The highest BCUT2D eigenvalue weighted by atomic mass is 32.2. The van der Waals surface area contributed by atoms with Crippen LogP contribution in [0, 0.1) is 0 Å². The van der Waals surface area contributed by atoms with Gasteiger partial charge in [0, 0.05) is 24.0 Å². The maximum atomic E-state index is 12.7. The first-order chi connectivity index (χ1) is 12.5. The Labute approximate surface area is 159 Å². The number of methoxy groups -OCH3 is 2.